The van der Waals surface area contributed by atoms with E-state index >= 15 is 0 Å². The lowest BCUT2D eigenvalue weighted by Gasteiger charge is -2.23. The number of likely N-dealkylation sites (N-methyl/N-ethyl adjacent to an activating group) is 2. The van der Waals surface area contributed by atoms with Crippen LogP contribution in [0, 0.1) is 6.92 Å². The molecule has 0 amide bonds. The van der Waals surface area contributed by atoms with Crippen LogP contribution in [0.25, 0.3) is 11.3 Å². The van der Waals surface area contributed by atoms with Crippen molar-refractivity contribution in [2.24, 2.45) is 0 Å². The number of aromatic nitrogens is 4. The van der Waals surface area contributed by atoms with E-state index in [2.05, 4.69) is 38.1 Å². The number of hydrogen-bond acceptors (Lipinski definition) is 6. The first-order chi connectivity index (χ1) is 12.1. The number of anilines is 2. The lowest BCUT2D eigenvalue weighted by atomic mass is 10.1. The summed E-state index contributed by atoms with van der Waals surface area (Å²) in [7, 11) is 4.01. The zero-order valence-corrected chi connectivity index (χ0v) is 14.8. The molecule has 3 aromatic rings. The summed E-state index contributed by atoms with van der Waals surface area (Å²) in [5.41, 5.74) is 3.08. The van der Waals surface area contributed by atoms with E-state index in [9.17, 15) is 0 Å². The van der Waals surface area contributed by atoms with Gasteiger partial charge in [0, 0.05) is 45.1 Å². The maximum Gasteiger partial charge on any atom is 0.225 e. The minimum Gasteiger partial charge on any atom is -0.356 e. The van der Waals surface area contributed by atoms with Gasteiger partial charge in [-0.15, -0.1) is 10.2 Å². The van der Waals surface area contributed by atoms with E-state index in [0.717, 1.165) is 41.7 Å². The second kappa shape index (κ2) is 7.70. The topological polar surface area (TPSA) is 58.0 Å². The molecular formula is C19H22N6. The summed E-state index contributed by atoms with van der Waals surface area (Å²) in [4.78, 5) is 12.7. The molecule has 0 aliphatic carbocycles. The van der Waals surface area contributed by atoms with Gasteiger partial charge in [0.1, 0.15) is 0 Å². The predicted octanol–water partition coefficient (Wildman–Crippen LogP) is 2.81. The van der Waals surface area contributed by atoms with Gasteiger partial charge in [0.05, 0.1) is 5.69 Å². The molecule has 2 aromatic heterocycles. The van der Waals surface area contributed by atoms with Crippen molar-refractivity contribution in [1.82, 2.24) is 20.2 Å². The summed E-state index contributed by atoms with van der Waals surface area (Å²) in [5.74, 6) is 1.61. The van der Waals surface area contributed by atoms with E-state index < -0.39 is 0 Å². The minimum absolute atomic E-state index is 0.720. The van der Waals surface area contributed by atoms with Gasteiger partial charge in [-0.3, -0.25) is 0 Å². The molecule has 0 unspecified atom stereocenters. The highest BCUT2D eigenvalue weighted by molar-refractivity contribution is 5.61. The highest BCUT2D eigenvalue weighted by atomic mass is 15.3. The Labute approximate surface area is 148 Å². The van der Waals surface area contributed by atoms with E-state index in [0.29, 0.717) is 0 Å². The second-order valence-electron chi connectivity index (χ2n) is 5.99. The van der Waals surface area contributed by atoms with Crippen molar-refractivity contribution in [3.63, 3.8) is 0 Å². The smallest absolute Gasteiger partial charge is 0.225 e. The Bertz CT molecular complexity index is 807. The highest BCUT2D eigenvalue weighted by Crippen LogP contribution is 2.21. The van der Waals surface area contributed by atoms with E-state index in [1.54, 1.807) is 12.4 Å². The Kier molecular flexibility index (Phi) is 5.18. The number of hydrogen-bond donors (Lipinski definition) is 0. The molecule has 0 saturated carbocycles. The molecule has 0 saturated heterocycles. The van der Waals surface area contributed by atoms with Crippen molar-refractivity contribution in [2.45, 2.75) is 6.92 Å². The molecular weight excluding hydrogens is 312 g/mol. The Morgan fingerprint density at radius 3 is 2.20 bits per heavy atom. The zero-order chi connectivity index (χ0) is 17.6. The van der Waals surface area contributed by atoms with E-state index in [4.69, 9.17) is 0 Å². The fourth-order valence-electron chi connectivity index (χ4n) is 2.60. The molecule has 3 rings (SSSR count). The van der Waals surface area contributed by atoms with Gasteiger partial charge in [0.25, 0.3) is 0 Å². The van der Waals surface area contributed by atoms with Gasteiger partial charge in [0.2, 0.25) is 5.95 Å². The number of nitrogens with zero attached hydrogens (tertiary/aromatic N) is 6. The third kappa shape index (κ3) is 4.09. The molecule has 0 spiro atoms. The molecule has 0 N–H and O–H groups in total. The maximum absolute atomic E-state index is 4.43. The Morgan fingerprint density at radius 1 is 0.840 bits per heavy atom. The van der Waals surface area contributed by atoms with Crippen LogP contribution in [0.1, 0.15) is 5.56 Å². The summed E-state index contributed by atoms with van der Waals surface area (Å²) in [5, 5.41) is 8.82. The molecule has 25 heavy (non-hydrogen) atoms. The maximum atomic E-state index is 4.43. The average molecular weight is 334 g/mol. The minimum atomic E-state index is 0.720. The van der Waals surface area contributed by atoms with Crippen molar-refractivity contribution in [3.05, 3.63) is 60.4 Å². The molecule has 0 atom stereocenters. The van der Waals surface area contributed by atoms with Crippen molar-refractivity contribution in [3.8, 4) is 11.3 Å². The molecule has 6 heteroatoms. The van der Waals surface area contributed by atoms with Crippen LogP contribution in [-0.4, -0.2) is 47.4 Å². The molecule has 2 heterocycles. The first-order valence-electron chi connectivity index (χ1n) is 8.24. The van der Waals surface area contributed by atoms with Crippen molar-refractivity contribution >= 4 is 11.8 Å². The monoisotopic (exact) mass is 334 g/mol. The quantitative estimate of drug-likeness (QED) is 0.691. The van der Waals surface area contributed by atoms with Crippen LogP contribution >= 0.6 is 0 Å². The van der Waals surface area contributed by atoms with Crippen LogP contribution in [0.15, 0.2) is 54.9 Å². The number of rotatable bonds is 6. The van der Waals surface area contributed by atoms with Gasteiger partial charge in [0.15, 0.2) is 5.82 Å². The second-order valence-corrected chi connectivity index (χ2v) is 5.99. The molecule has 1 aromatic carbocycles. The summed E-state index contributed by atoms with van der Waals surface area (Å²) in [6.07, 6.45) is 3.50. The largest absolute Gasteiger partial charge is 0.356 e. The summed E-state index contributed by atoms with van der Waals surface area (Å²) >= 11 is 0. The van der Waals surface area contributed by atoms with Crippen molar-refractivity contribution in [2.75, 3.05) is 37.0 Å². The van der Waals surface area contributed by atoms with E-state index in [1.807, 2.05) is 55.4 Å². The normalized spacial score (nSPS) is 10.5. The first kappa shape index (κ1) is 16.8. The molecule has 6 nitrogen and oxygen atoms in total. The number of aryl methyl sites for hydroxylation is 1. The van der Waals surface area contributed by atoms with Gasteiger partial charge in [-0.25, -0.2) is 9.97 Å². The highest BCUT2D eigenvalue weighted by Gasteiger charge is 2.11. The molecule has 128 valence electrons. The first-order valence-corrected chi connectivity index (χ1v) is 8.24. The third-order valence-electron chi connectivity index (χ3n) is 4.05. The van der Waals surface area contributed by atoms with Crippen molar-refractivity contribution < 1.29 is 0 Å². The Hall–Kier alpha value is -3.02. The average Bonchev–Trinajstić information content (AvgIpc) is 2.67. The van der Waals surface area contributed by atoms with Crippen LogP contribution in [0.5, 0.6) is 0 Å². The fourth-order valence-corrected chi connectivity index (χ4v) is 2.60. The predicted molar refractivity (Wildman–Crippen MR) is 101 cm³/mol. The summed E-state index contributed by atoms with van der Waals surface area (Å²) < 4.78 is 0. The lowest BCUT2D eigenvalue weighted by molar-refractivity contribution is 0.789. The molecule has 0 radical (unpaired) electrons. The zero-order valence-electron chi connectivity index (χ0n) is 14.8. The molecule has 0 fully saturated rings. The standard InChI is InChI=1S/C19H22N6/c1-15-14-17(16-8-5-4-6-9-16)22-23-18(15)24(2)12-13-25(3)19-20-10-7-11-21-19/h4-11,14H,12-13H2,1-3H3. The Balaban J connectivity index is 1.67. The van der Waals surface area contributed by atoms with Gasteiger partial charge in [-0.2, -0.15) is 0 Å². The third-order valence-corrected chi connectivity index (χ3v) is 4.05. The molecule has 0 aliphatic rings. The SMILES string of the molecule is Cc1cc(-c2ccccc2)nnc1N(C)CCN(C)c1ncccn1. The van der Waals surface area contributed by atoms with Gasteiger partial charge in [-0.1, -0.05) is 30.3 Å². The molecule has 0 aliphatic heterocycles. The van der Waals surface area contributed by atoms with Crippen LogP contribution in [0.4, 0.5) is 11.8 Å². The summed E-state index contributed by atoms with van der Waals surface area (Å²) in [6, 6.07) is 14.0. The fraction of sp³-hybridized carbons (Fsp3) is 0.263. The Morgan fingerprint density at radius 2 is 1.52 bits per heavy atom. The summed E-state index contributed by atoms with van der Waals surface area (Å²) in [6.45, 7) is 3.66. The van der Waals surface area contributed by atoms with Crippen molar-refractivity contribution in [1.29, 1.82) is 0 Å². The van der Waals surface area contributed by atoms with Crippen LogP contribution in [0.2, 0.25) is 0 Å². The van der Waals surface area contributed by atoms with E-state index in [-0.39, 0.29) is 0 Å². The molecule has 0 bridgehead atoms. The van der Waals surface area contributed by atoms with Gasteiger partial charge >= 0.3 is 0 Å². The number of benzene rings is 1. The van der Waals surface area contributed by atoms with Gasteiger partial charge < -0.3 is 9.80 Å². The van der Waals surface area contributed by atoms with Gasteiger partial charge in [-0.05, 0) is 24.6 Å². The van der Waals surface area contributed by atoms with Crippen LogP contribution in [-0.2, 0) is 0 Å². The van der Waals surface area contributed by atoms with Crippen LogP contribution < -0.4 is 9.80 Å². The lowest BCUT2D eigenvalue weighted by Crippen LogP contribution is -2.32. The van der Waals surface area contributed by atoms with E-state index in [1.165, 1.54) is 0 Å². The van der Waals surface area contributed by atoms with Crippen LogP contribution in [0.3, 0.4) is 0 Å².